The SMILES string of the molecule is CCOP(=O)(Cc1cc2c(c(OC)c1)O[C@]1(C)CC[C@@H](OCOC)C(C)(C)[C@H]1C2)OCC. The number of ether oxygens (including phenoxy) is 4. The number of rotatable bonds is 10. The molecule has 32 heavy (non-hydrogen) atoms. The van der Waals surface area contributed by atoms with Crippen molar-refractivity contribution in [3.8, 4) is 11.5 Å². The summed E-state index contributed by atoms with van der Waals surface area (Å²) in [5.41, 5.74) is 1.49. The number of fused-ring (bicyclic) bond motifs is 2. The molecular formula is C24H39O7P. The van der Waals surface area contributed by atoms with Crippen molar-refractivity contribution < 1.29 is 32.6 Å². The molecule has 3 atom stereocenters. The van der Waals surface area contributed by atoms with Gasteiger partial charge in [-0.15, -0.1) is 0 Å². The zero-order valence-electron chi connectivity index (χ0n) is 20.6. The van der Waals surface area contributed by atoms with Crippen molar-refractivity contribution in [3.05, 3.63) is 23.3 Å². The first kappa shape index (κ1) is 25.5. The second-order valence-corrected chi connectivity index (χ2v) is 11.5. The van der Waals surface area contributed by atoms with Gasteiger partial charge in [-0.3, -0.25) is 4.57 Å². The molecule has 3 rings (SSSR count). The summed E-state index contributed by atoms with van der Waals surface area (Å²) in [4.78, 5) is 0. The molecule has 0 aromatic heterocycles. The summed E-state index contributed by atoms with van der Waals surface area (Å²) in [5.74, 6) is 1.68. The second kappa shape index (κ2) is 10.0. The van der Waals surface area contributed by atoms with Crippen molar-refractivity contribution in [1.29, 1.82) is 0 Å². The van der Waals surface area contributed by atoms with Gasteiger partial charge in [-0.25, -0.2) is 0 Å². The van der Waals surface area contributed by atoms with E-state index in [1.165, 1.54) is 0 Å². The van der Waals surface area contributed by atoms with Gasteiger partial charge in [-0.2, -0.15) is 0 Å². The van der Waals surface area contributed by atoms with Crippen LogP contribution in [0.25, 0.3) is 0 Å². The minimum Gasteiger partial charge on any atom is -0.493 e. The van der Waals surface area contributed by atoms with E-state index in [9.17, 15) is 4.57 Å². The van der Waals surface area contributed by atoms with Crippen LogP contribution >= 0.6 is 7.60 Å². The maximum Gasteiger partial charge on any atom is 0.335 e. The van der Waals surface area contributed by atoms with Crippen molar-refractivity contribution in [2.75, 3.05) is 34.2 Å². The quantitative estimate of drug-likeness (QED) is 0.326. The smallest absolute Gasteiger partial charge is 0.335 e. The Kier molecular flexibility index (Phi) is 7.99. The summed E-state index contributed by atoms with van der Waals surface area (Å²) in [7, 11) is 0.0617. The molecule has 0 radical (unpaired) electrons. The fourth-order valence-corrected chi connectivity index (χ4v) is 7.13. The fraction of sp³-hybridized carbons (Fsp3) is 0.750. The zero-order chi connectivity index (χ0) is 23.6. The Bertz CT molecular complexity index is 830. The minimum atomic E-state index is -3.23. The standard InChI is InChI=1S/C24H39O7P/c1-8-29-32(25,30-9-2)15-17-12-18-14-20-23(3,4)21(28-16-26-6)10-11-24(20,5)31-22(18)19(13-17)27-7/h12-13,20-21H,8-11,14-16H2,1-7H3/t20-,21-,24-/m1/s1. The van der Waals surface area contributed by atoms with Crippen LogP contribution in [0.3, 0.4) is 0 Å². The highest BCUT2D eigenvalue weighted by Gasteiger charge is 2.55. The molecule has 0 spiro atoms. The number of methoxy groups -OCH3 is 2. The molecule has 1 aromatic carbocycles. The van der Waals surface area contributed by atoms with Gasteiger partial charge in [0.05, 0.1) is 32.6 Å². The van der Waals surface area contributed by atoms with E-state index in [1.807, 2.05) is 19.9 Å². The van der Waals surface area contributed by atoms with Gasteiger partial charge in [0.25, 0.3) is 0 Å². The van der Waals surface area contributed by atoms with Gasteiger partial charge in [-0.1, -0.05) is 19.9 Å². The van der Waals surface area contributed by atoms with Crippen LogP contribution in [0.1, 0.15) is 58.6 Å². The predicted molar refractivity (Wildman–Crippen MR) is 124 cm³/mol. The Morgan fingerprint density at radius 2 is 1.81 bits per heavy atom. The largest absolute Gasteiger partial charge is 0.493 e. The highest BCUT2D eigenvalue weighted by Crippen LogP contribution is 2.57. The number of hydrogen-bond acceptors (Lipinski definition) is 7. The fourth-order valence-electron chi connectivity index (χ4n) is 5.46. The lowest BCUT2D eigenvalue weighted by molar-refractivity contribution is -0.185. The lowest BCUT2D eigenvalue weighted by atomic mass is 9.57. The lowest BCUT2D eigenvalue weighted by Gasteiger charge is -2.56. The second-order valence-electron chi connectivity index (χ2n) is 9.48. The molecular weight excluding hydrogens is 431 g/mol. The molecule has 182 valence electrons. The third kappa shape index (κ3) is 5.02. The van der Waals surface area contributed by atoms with E-state index >= 15 is 0 Å². The molecule has 1 saturated carbocycles. The monoisotopic (exact) mass is 470 g/mol. The predicted octanol–water partition coefficient (Wildman–Crippen LogP) is 5.58. The molecule has 0 unspecified atom stereocenters. The van der Waals surface area contributed by atoms with Crippen LogP contribution in [0, 0.1) is 11.3 Å². The molecule has 0 N–H and O–H groups in total. The highest BCUT2D eigenvalue weighted by molar-refractivity contribution is 7.53. The Balaban J connectivity index is 1.95. The van der Waals surface area contributed by atoms with Gasteiger partial charge in [-0.05, 0) is 62.6 Å². The minimum absolute atomic E-state index is 0.0897. The van der Waals surface area contributed by atoms with E-state index < -0.39 is 7.60 Å². The lowest BCUT2D eigenvalue weighted by Crippen LogP contribution is -2.59. The van der Waals surface area contributed by atoms with Gasteiger partial charge in [0, 0.05) is 13.0 Å². The van der Waals surface area contributed by atoms with Crippen LogP contribution in [-0.2, 0) is 35.7 Å². The number of benzene rings is 1. The Morgan fingerprint density at radius 1 is 1.12 bits per heavy atom. The first-order valence-electron chi connectivity index (χ1n) is 11.5. The zero-order valence-corrected chi connectivity index (χ0v) is 21.5. The van der Waals surface area contributed by atoms with E-state index in [0.29, 0.717) is 19.0 Å². The normalized spacial score (nSPS) is 26.7. The van der Waals surface area contributed by atoms with E-state index in [0.717, 1.165) is 36.1 Å². The summed E-state index contributed by atoms with van der Waals surface area (Å²) >= 11 is 0. The third-order valence-electron chi connectivity index (χ3n) is 6.95. The summed E-state index contributed by atoms with van der Waals surface area (Å²) in [6.45, 7) is 11.3. The van der Waals surface area contributed by atoms with Crippen LogP contribution in [-0.4, -0.2) is 45.9 Å². The van der Waals surface area contributed by atoms with Crippen LogP contribution in [0.5, 0.6) is 11.5 Å². The average molecular weight is 471 g/mol. The van der Waals surface area contributed by atoms with Crippen LogP contribution in [0.15, 0.2) is 12.1 Å². The molecule has 1 aromatic rings. The molecule has 1 aliphatic heterocycles. The summed E-state index contributed by atoms with van der Waals surface area (Å²) in [6.07, 6.45) is 2.91. The van der Waals surface area contributed by atoms with Gasteiger partial charge in [0.2, 0.25) is 0 Å². The Morgan fingerprint density at radius 3 is 2.41 bits per heavy atom. The van der Waals surface area contributed by atoms with E-state index in [4.69, 9.17) is 28.0 Å². The Hall–Kier alpha value is -1.11. The van der Waals surface area contributed by atoms with Crippen LogP contribution in [0.2, 0.25) is 0 Å². The highest BCUT2D eigenvalue weighted by atomic mass is 31.2. The molecule has 1 aliphatic carbocycles. The summed E-state index contributed by atoms with van der Waals surface area (Å²) in [5, 5.41) is 0. The first-order chi connectivity index (χ1) is 15.1. The topological polar surface area (TPSA) is 72.5 Å². The summed E-state index contributed by atoms with van der Waals surface area (Å²) in [6, 6.07) is 3.96. The third-order valence-corrected chi connectivity index (χ3v) is 9.01. The maximum absolute atomic E-state index is 13.1. The van der Waals surface area contributed by atoms with Gasteiger partial charge < -0.3 is 28.0 Å². The molecule has 8 heteroatoms. The van der Waals surface area contributed by atoms with Gasteiger partial charge in [0.15, 0.2) is 11.5 Å². The first-order valence-corrected chi connectivity index (χ1v) is 13.2. The average Bonchev–Trinajstić information content (AvgIpc) is 2.72. The molecule has 2 aliphatic rings. The molecule has 1 fully saturated rings. The molecule has 1 heterocycles. The van der Waals surface area contributed by atoms with E-state index in [2.05, 4.69) is 26.8 Å². The van der Waals surface area contributed by atoms with Crippen molar-refractivity contribution in [3.63, 3.8) is 0 Å². The molecule has 7 nitrogen and oxygen atoms in total. The van der Waals surface area contributed by atoms with E-state index in [1.54, 1.807) is 14.2 Å². The maximum atomic E-state index is 13.1. The van der Waals surface area contributed by atoms with E-state index in [-0.39, 0.29) is 36.0 Å². The van der Waals surface area contributed by atoms with Crippen molar-refractivity contribution in [2.24, 2.45) is 11.3 Å². The van der Waals surface area contributed by atoms with Crippen LogP contribution in [0.4, 0.5) is 0 Å². The van der Waals surface area contributed by atoms with Gasteiger partial charge >= 0.3 is 7.60 Å². The van der Waals surface area contributed by atoms with Gasteiger partial charge in [0.1, 0.15) is 12.4 Å². The molecule has 0 saturated heterocycles. The number of hydrogen-bond donors (Lipinski definition) is 0. The molecule has 0 amide bonds. The van der Waals surface area contributed by atoms with Crippen molar-refractivity contribution >= 4 is 7.60 Å². The Labute approximate surface area is 192 Å². The van der Waals surface area contributed by atoms with Crippen molar-refractivity contribution in [2.45, 2.75) is 71.7 Å². The summed E-state index contributed by atoms with van der Waals surface area (Å²) < 4.78 is 47.7. The van der Waals surface area contributed by atoms with Crippen molar-refractivity contribution in [1.82, 2.24) is 0 Å². The van der Waals surface area contributed by atoms with Crippen LogP contribution < -0.4 is 9.47 Å². The molecule has 0 bridgehead atoms.